The van der Waals surface area contributed by atoms with Crippen LogP contribution in [0.2, 0.25) is 0 Å². The molecule has 2 nitrogen and oxygen atoms in total. The van der Waals surface area contributed by atoms with Gasteiger partial charge in [-0.3, -0.25) is 0 Å². The van der Waals surface area contributed by atoms with Crippen LogP contribution in [0, 0.1) is 11.3 Å². The number of hydrogen-bond donors (Lipinski definition) is 0. The summed E-state index contributed by atoms with van der Waals surface area (Å²) in [4.78, 5) is 4.99. The van der Waals surface area contributed by atoms with Crippen LogP contribution in [0.25, 0.3) is 0 Å². The SMILES string of the molecule is CC.CC(C)C.CN1CCCC2(CCN(C)C2)C1. The average Bonchev–Trinajstić information content (AvgIpc) is 2.61. The first kappa shape index (κ1) is 17.9. The summed E-state index contributed by atoms with van der Waals surface area (Å²) in [7, 11) is 4.52. The van der Waals surface area contributed by atoms with E-state index in [9.17, 15) is 0 Å². The lowest BCUT2D eigenvalue weighted by Crippen LogP contribution is -2.42. The molecule has 1 spiro atoms. The fourth-order valence-corrected chi connectivity index (χ4v) is 2.95. The van der Waals surface area contributed by atoms with E-state index in [1.165, 1.54) is 45.4 Å². The maximum atomic E-state index is 2.50. The molecule has 2 saturated heterocycles. The monoisotopic (exact) mass is 256 g/mol. The van der Waals surface area contributed by atoms with Gasteiger partial charge in [-0.25, -0.2) is 0 Å². The molecule has 0 N–H and O–H groups in total. The molecule has 0 bridgehead atoms. The summed E-state index contributed by atoms with van der Waals surface area (Å²) in [6, 6.07) is 0. The van der Waals surface area contributed by atoms with E-state index >= 15 is 0 Å². The Balaban J connectivity index is 0.000000415. The molecule has 0 aromatic carbocycles. The van der Waals surface area contributed by atoms with Crippen LogP contribution in [0.4, 0.5) is 0 Å². The average molecular weight is 256 g/mol. The number of rotatable bonds is 0. The Labute approximate surface area is 116 Å². The molecule has 110 valence electrons. The molecule has 2 heteroatoms. The summed E-state index contributed by atoms with van der Waals surface area (Å²) >= 11 is 0. The number of likely N-dealkylation sites (tertiary alicyclic amines) is 2. The molecular formula is C16H36N2. The smallest absolute Gasteiger partial charge is 0.00477 e. The Kier molecular flexibility index (Phi) is 8.89. The van der Waals surface area contributed by atoms with Crippen LogP contribution >= 0.6 is 0 Å². The van der Waals surface area contributed by atoms with Gasteiger partial charge < -0.3 is 9.80 Å². The van der Waals surface area contributed by atoms with E-state index in [2.05, 4.69) is 44.7 Å². The highest BCUT2D eigenvalue weighted by atomic mass is 15.2. The molecule has 1 atom stereocenters. The molecule has 0 amide bonds. The van der Waals surface area contributed by atoms with E-state index in [1.807, 2.05) is 13.8 Å². The van der Waals surface area contributed by atoms with Gasteiger partial charge in [0.1, 0.15) is 0 Å². The summed E-state index contributed by atoms with van der Waals surface area (Å²) in [5.74, 6) is 0.833. The molecular weight excluding hydrogens is 220 g/mol. The molecule has 18 heavy (non-hydrogen) atoms. The lowest BCUT2D eigenvalue weighted by molar-refractivity contribution is 0.117. The third-order valence-corrected chi connectivity index (χ3v) is 3.48. The quantitative estimate of drug-likeness (QED) is 0.652. The molecule has 0 aliphatic carbocycles. The minimum atomic E-state index is 0.668. The molecule has 2 aliphatic rings. The number of piperidine rings is 1. The van der Waals surface area contributed by atoms with E-state index in [4.69, 9.17) is 0 Å². The maximum absolute atomic E-state index is 2.50. The lowest BCUT2D eigenvalue weighted by atomic mass is 9.79. The van der Waals surface area contributed by atoms with Gasteiger partial charge >= 0.3 is 0 Å². The lowest BCUT2D eigenvalue weighted by Gasteiger charge is -2.38. The van der Waals surface area contributed by atoms with Crippen LogP contribution in [0.5, 0.6) is 0 Å². The fraction of sp³-hybridized carbons (Fsp3) is 1.00. The van der Waals surface area contributed by atoms with Gasteiger partial charge in [-0.1, -0.05) is 34.6 Å². The van der Waals surface area contributed by atoms with Crippen molar-refractivity contribution < 1.29 is 0 Å². The van der Waals surface area contributed by atoms with E-state index in [0.717, 1.165) is 5.92 Å². The molecule has 2 rings (SSSR count). The largest absolute Gasteiger partial charge is 0.306 e. The molecule has 0 saturated carbocycles. The van der Waals surface area contributed by atoms with Crippen LogP contribution in [0.1, 0.15) is 53.9 Å². The van der Waals surface area contributed by atoms with Crippen LogP contribution in [-0.4, -0.2) is 50.1 Å². The van der Waals surface area contributed by atoms with Gasteiger partial charge in [0, 0.05) is 13.1 Å². The second kappa shape index (κ2) is 8.92. The summed E-state index contributed by atoms with van der Waals surface area (Å²) in [6.07, 6.45) is 4.29. The molecule has 0 aromatic rings. The Bertz CT molecular complexity index is 197. The normalized spacial score (nSPS) is 28.7. The highest BCUT2D eigenvalue weighted by molar-refractivity contribution is 4.93. The van der Waals surface area contributed by atoms with Gasteiger partial charge in [-0.05, 0) is 57.8 Å². The third-order valence-electron chi connectivity index (χ3n) is 3.48. The van der Waals surface area contributed by atoms with Crippen molar-refractivity contribution in [2.75, 3.05) is 40.3 Å². The second-order valence-corrected chi connectivity index (χ2v) is 6.56. The molecule has 1 unspecified atom stereocenters. The van der Waals surface area contributed by atoms with E-state index < -0.39 is 0 Å². The number of hydrogen-bond acceptors (Lipinski definition) is 2. The van der Waals surface area contributed by atoms with Crippen molar-refractivity contribution in [2.45, 2.75) is 53.9 Å². The van der Waals surface area contributed by atoms with Crippen LogP contribution in [0.3, 0.4) is 0 Å². The van der Waals surface area contributed by atoms with Gasteiger partial charge in [-0.2, -0.15) is 0 Å². The first-order valence-electron chi connectivity index (χ1n) is 7.81. The first-order valence-corrected chi connectivity index (χ1v) is 7.81. The van der Waals surface area contributed by atoms with Crippen molar-refractivity contribution in [3.05, 3.63) is 0 Å². The van der Waals surface area contributed by atoms with Gasteiger partial charge in [0.15, 0.2) is 0 Å². The third kappa shape index (κ3) is 6.75. The predicted octanol–water partition coefficient (Wildman–Crippen LogP) is 3.72. The fourth-order valence-electron chi connectivity index (χ4n) is 2.95. The second-order valence-electron chi connectivity index (χ2n) is 6.56. The zero-order chi connectivity index (χ0) is 14.2. The van der Waals surface area contributed by atoms with Crippen LogP contribution in [0.15, 0.2) is 0 Å². The van der Waals surface area contributed by atoms with E-state index in [-0.39, 0.29) is 0 Å². The Hall–Kier alpha value is -0.0800. The zero-order valence-corrected chi connectivity index (χ0v) is 13.9. The summed E-state index contributed by atoms with van der Waals surface area (Å²) in [5.41, 5.74) is 0.668. The van der Waals surface area contributed by atoms with Gasteiger partial charge in [0.05, 0.1) is 0 Å². The molecule has 2 fully saturated rings. The Morgan fingerprint density at radius 2 is 1.28 bits per heavy atom. The van der Waals surface area contributed by atoms with Crippen molar-refractivity contribution in [1.82, 2.24) is 9.80 Å². The van der Waals surface area contributed by atoms with E-state index in [1.54, 1.807) is 0 Å². The van der Waals surface area contributed by atoms with Crippen molar-refractivity contribution in [2.24, 2.45) is 11.3 Å². The molecule has 2 aliphatic heterocycles. The van der Waals surface area contributed by atoms with Gasteiger partial charge in [0.25, 0.3) is 0 Å². The Morgan fingerprint density at radius 1 is 0.833 bits per heavy atom. The topological polar surface area (TPSA) is 6.48 Å². The van der Waals surface area contributed by atoms with Gasteiger partial charge in [-0.15, -0.1) is 0 Å². The first-order chi connectivity index (χ1) is 8.43. The van der Waals surface area contributed by atoms with Gasteiger partial charge in [0.2, 0.25) is 0 Å². The van der Waals surface area contributed by atoms with Crippen LogP contribution < -0.4 is 0 Å². The van der Waals surface area contributed by atoms with Crippen molar-refractivity contribution in [1.29, 1.82) is 0 Å². The summed E-state index contributed by atoms with van der Waals surface area (Å²) in [5, 5.41) is 0. The van der Waals surface area contributed by atoms with Crippen molar-refractivity contribution >= 4 is 0 Å². The number of nitrogens with zero attached hydrogens (tertiary/aromatic N) is 2. The summed E-state index contributed by atoms with van der Waals surface area (Å²) < 4.78 is 0. The van der Waals surface area contributed by atoms with Crippen LogP contribution in [-0.2, 0) is 0 Å². The molecule has 0 radical (unpaired) electrons. The summed E-state index contributed by atoms with van der Waals surface area (Å²) in [6.45, 7) is 15.8. The standard InChI is InChI=1S/C10H20N2.C4H10.C2H6/c1-11-6-3-4-10(8-11)5-7-12(2)9-10;1-4(2)3;1-2/h3-9H2,1-2H3;4H,1-3H3;1-2H3. The maximum Gasteiger partial charge on any atom is 0.00477 e. The minimum absolute atomic E-state index is 0.668. The van der Waals surface area contributed by atoms with Crippen molar-refractivity contribution in [3.63, 3.8) is 0 Å². The Morgan fingerprint density at radius 3 is 1.61 bits per heavy atom. The molecule has 2 heterocycles. The highest BCUT2D eigenvalue weighted by Crippen LogP contribution is 2.37. The van der Waals surface area contributed by atoms with Crippen molar-refractivity contribution in [3.8, 4) is 0 Å². The van der Waals surface area contributed by atoms with E-state index in [0.29, 0.717) is 5.41 Å². The molecule has 0 aromatic heterocycles. The highest BCUT2D eigenvalue weighted by Gasteiger charge is 2.38. The predicted molar refractivity (Wildman–Crippen MR) is 83.1 cm³/mol. The minimum Gasteiger partial charge on any atom is -0.306 e. The zero-order valence-electron chi connectivity index (χ0n) is 13.9.